The molecule has 0 aliphatic carbocycles. The Morgan fingerprint density at radius 2 is 1.57 bits per heavy atom. The summed E-state index contributed by atoms with van der Waals surface area (Å²) < 4.78 is 5.85. The van der Waals surface area contributed by atoms with Crippen LogP contribution in [0.1, 0.15) is 10.4 Å². The molecule has 0 aliphatic rings. The van der Waals surface area contributed by atoms with Crippen molar-refractivity contribution in [1.82, 2.24) is 9.97 Å². The van der Waals surface area contributed by atoms with Crippen LogP contribution in [0.25, 0.3) is 11.4 Å². The summed E-state index contributed by atoms with van der Waals surface area (Å²) in [4.78, 5) is 19.7. The maximum atomic E-state index is 11.1. The van der Waals surface area contributed by atoms with Crippen molar-refractivity contribution in [1.29, 1.82) is 0 Å². The average molecular weight is 276 g/mol. The predicted octanol–water partition coefficient (Wildman–Crippen LogP) is 3.75. The molecule has 0 radical (unpaired) electrons. The molecule has 0 saturated carbocycles. The van der Waals surface area contributed by atoms with Crippen molar-refractivity contribution < 1.29 is 9.53 Å². The Balaban J connectivity index is 2.02. The summed E-state index contributed by atoms with van der Waals surface area (Å²) in [6.07, 6.45) is 4.15. The summed E-state index contributed by atoms with van der Waals surface area (Å²) in [5.41, 5.74) is 1.85. The van der Waals surface area contributed by atoms with Crippen LogP contribution in [0.2, 0.25) is 0 Å². The Hall–Kier alpha value is -3.01. The zero-order chi connectivity index (χ0) is 14.5. The third kappa shape index (κ3) is 2.79. The molecule has 0 aliphatic heterocycles. The highest BCUT2D eigenvalue weighted by Gasteiger charge is 2.11. The topological polar surface area (TPSA) is 52.1 Å². The minimum Gasteiger partial charge on any atom is -0.454 e. The zero-order valence-electron chi connectivity index (χ0n) is 11.1. The number of ether oxygens (including phenoxy) is 1. The van der Waals surface area contributed by atoms with Gasteiger partial charge in [0.15, 0.2) is 12.0 Å². The molecule has 4 heteroatoms. The first-order valence-electron chi connectivity index (χ1n) is 6.47. The Kier molecular flexibility index (Phi) is 3.69. The van der Waals surface area contributed by atoms with Crippen molar-refractivity contribution in [2.75, 3.05) is 0 Å². The first kappa shape index (κ1) is 13.0. The van der Waals surface area contributed by atoms with Crippen LogP contribution in [-0.4, -0.2) is 16.3 Å². The maximum absolute atomic E-state index is 11.1. The fourth-order valence-corrected chi connectivity index (χ4v) is 1.96. The van der Waals surface area contributed by atoms with Gasteiger partial charge in [-0.15, -0.1) is 0 Å². The summed E-state index contributed by atoms with van der Waals surface area (Å²) in [7, 11) is 0. The number of benzene rings is 1. The van der Waals surface area contributed by atoms with Crippen LogP contribution in [0.15, 0.2) is 67.0 Å². The molecule has 2 heterocycles. The number of hydrogen-bond acceptors (Lipinski definition) is 4. The standard InChI is InChI=1S/C17H12N2O2/c20-12-13-6-1-2-8-15(13)21-16-9-5-11-19-17(16)14-7-3-4-10-18-14/h1-12H. The quantitative estimate of drug-likeness (QED) is 0.681. The van der Waals surface area contributed by atoms with Gasteiger partial charge in [0.25, 0.3) is 0 Å². The molecule has 1 aromatic carbocycles. The first-order chi connectivity index (χ1) is 10.4. The molecule has 3 aromatic rings. The van der Waals surface area contributed by atoms with E-state index in [1.165, 1.54) is 0 Å². The monoisotopic (exact) mass is 276 g/mol. The van der Waals surface area contributed by atoms with E-state index in [9.17, 15) is 4.79 Å². The Bertz CT molecular complexity index is 758. The Morgan fingerprint density at radius 1 is 0.810 bits per heavy atom. The van der Waals surface area contributed by atoms with E-state index in [2.05, 4.69) is 9.97 Å². The third-order valence-electron chi connectivity index (χ3n) is 2.94. The number of aromatic nitrogens is 2. The number of pyridine rings is 2. The van der Waals surface area contributed by atoms with E-state index in [1.54, 1.807) is 42.7 Å². The van der Waals surface area contributed by atoms with Gasteiger partial charge in [0.1, 0.15) is 11.4 Å². The lowest BCUT2D eigenvalue weighted by Gasteiger charge is -2.11. The van der Waals surface area contributed by atoms with Gasteiger partial charge in [-0.05, 0) is 36.4 Å². The van der Waals surface area contributed by atoms with Crippen molar-refractivity contribution in [2.24, 2.45) is 0 Å². The molecule has 3 rings (SSSR count). The predicted molar refractivity (Wildman–Crippen MR) is 79.4 cm³/mol. The van der Waals surface area contributed by atoms with Gasteiger partial charge >= 0.3 is 0 Å². The van der Waals surface area contributed by atoms with Gasteiger partial charge in [-0.2, -0.15) is 0 Å². The van der Waals surface area contributed by atoms with Gasteiger partial charge in [0.05, 0.1) is 11.3 Å². The van der Waals surface area contributed by atoms with Crippen LogP contribution in [0.3, 0.4) is 0 Å². The van der Waals surface area contributed by atoms with E-state index in [0.717, 1.165) is 12.0 Å². The molecule has 102 valence electrons. The first-order valence-corrected chi connectivity index (χ1v) is 6.47. The van der Waals surface area contributed by atoms with Crippen molar-refractivity contribution >= 4 is 6.29 Å². The van der Waals surface area contributed by atoms with Crippen molar-refractivity contribution in [3.8, 4) is 22.9 Å². The smallest absolute Gasteiger partial charge is 0.155 e. The largest absolute Gasteiger partial charge is 0.454 e. The molecule has 0 fully saturated rings. The Labute approximate surface area is 122 Å². The summed E-state index contributed by atoms with van der Waals surface area (Å²) >= 11 is 0. The maximum Gasteiger partial charge on any atom is 0.155 e. The van der Waals surface area contributed by atoms with Crippen molar-refractivity contribution in [2.45, 2.75) is 0 Å². The second-order valence-corrected chi connectivity index (χ2v) is 4.32. The fraction of sp³-hybridized carbons (Fsp3) is 0. The second-order valence-electron chi connectivity index (χ2n) is 4.32. The number of aldehydes is 1. The van der Waals surface area contributed by atoms with E-state index in [0.29, 0.717) is 22.8 Å². The average Bonchev–Trinajstić information content (AvgIpc) is 2.57. The molecule has 0 N–H and O–H groups in total. The van der Waals surface area contributed by atoms with Crippen LogP contribution in [-0.2, 0) is 0 Å². The molecule has 0 amide bonds. The third-order valence-corrected chi connectivity index (χ3v) is 2.94. The summed E-state index contributed by atoms with van der Waals surface area (Å²) in [6.45, 7) is 0. The van der Waals surface area contributed by atoms with Gasteiger partial charge in [-0.25, -0.2) is 0 Å². The lowest BCUT2D eigenvalue weighted by atomic mass is 10.2. The van der Waals surface area contributed by atoms with E-state index in [1.807, 2.05) is 24.3 Å². The SMILES string of the molecule is O=Cc1ccccc1Oc1cccnc1-c1ccccn1. The lowest BCUT2D eigenvalue weighted by Crippen LogP contribution is -1.94. The Morgan fingerprint density at radius 3 is 2.38 bits per heavy atom. The molecule has 0 unspecified atom stereocenters. The molecule has 0 bridgehead atoms. The molecule has 0 saturated heterocycles. The fourth-order valence-electron chi connectivity index (χ4n) is 1.96. The highest BCUT2D eigenvalue weighted by Crippen LogP contribution is 2.31. The number of carbonyl (C=O) groups excluding carboxylic acids is 1. The molecule has 21 heavy (non-hydrogen) atoms. The molecular weight excluding hydrogens is 264 g/mol. The number of para-hydroxylation sites is 1. The van der Waals surface area contributed by atoms with E-state index in [-0.39, 0.29) is 0 Å². The van der Waals surface area contributed by atoms with Gasteiger partial charge in [-0.1, -0.05) is 18.2 Å². The lowest BCUT2D eigenvalue weighted by molar-refractivity contribution is 0.112. The number of rotatable bonds is 4. The van der Waals surface area contributed by atoms with Gasteiger partial charge in [-0.3, -0.25) is 14.8 Å². The highest BCUT2D eigenvalue weighted by molar-refractivity contribution is 5.79. The van der Waals surface area contributed by atoms with Gasteiger partial charge in [0, 0.05) is 12.4 Å². The second kappa shape index (κ2) is 5.96. The van der Waals surface area contributed by atoms with Crippen molar-refractivity contribution in [3.05, 3.63) is 72.6 Å². The number of carbonyl (C=O) groups is 1. The van der Waals surface area contributed by atoms with E-state index < -0.39 is 0 Å². The van der Waals surface area contributed by atoms with Crippen LogP contribution >= 0.6 is 0 Å². The van der Waals surface area contributed by atoms with E-state index >= 15 is 0 Å². The summed E-state index contributed by atoms with van der Waals surface area (Å²) in [6, 6.07) is 16.2. The molecule has 2 aromatic heterocycles. The highest BCUT2D eigenvalue weighted by atomic mass is 16.5. The van der Waals surface area contributed by atoms with E-state index in [4.69, 9.17) is 4.74 Å². The minimum absolute atomic E-state index is 0.494. The van der Waals surface area contributed by atoms with Crippen LogP contribution in [0.4, 0.5) is 0 Å². The molecule has 4 nitrogen and oxygen atoms in total. The molecular formula is C17H12N2O2. The molecule has 0 atom stereocenters. The number of hydrogen-bond donors (Lipinski definition) is 0. The summed E-state index contributed by atoms with van der Waals surface area (Å²) in [5.74, 6) is 1.06. The van der Waals surface area contributed by atoms with Crippen LogP contribution < -0.4 is 4.74 Å². The normalized spacial score (nSPS) is 10.1. The van der Waals surface area contributed by atoms with Gasteiger partial charge < -0.3 is 4.74 Å². The van der Waals surface area contributed by atoms with Crippen LogP contribution in [0, 0.1) is 0 Å². The number of nitrogens with zero attached hydrogens (tertiary/aromatic N) is 2. The van der Waals surface area contributed by atoms with Gasteiger partial charge in [0.2, 0.25) is 0 Å². The zero-order valence-corrected chi connectivity index (χ0v) is 11.1. The van der Waals surface area contributed by atoms with Crippen LogP contribution in [0.5, 0.6) is 11.5 Å². The molecule has 0 spiro atoms. The minimum atomic E-state index is 0.494. The summed E-state index contributed by atoms with van der Waals surface area (Å²) in [5, 5.41) is 0. The van der Waals surface area contributed by atoms with Crippen molar-refractivity contribution in [3.63, 3.8) is 0 Å².